The molecule has 4 aromatic rings. The predicted molar refractivity (Wildman–Crippen MR) is 124 cm³/mol. The second-order valence-electron chi connectivity index (χ2n) is 7.03. The molecule has 0 nitrogen and oxygen atoms in total. The molecule has 0 bridgehead atoms. The van der Waals surface area contributed by atoms with Gasteiger partial charge in [0.05, 0.1) is 0 Å². The summed E-state index contributed by atoms with van der Waals surface area (Å²) >= 11 is -0.187. The monoisotopic (exact) mass is 557 g/mol. The van der Waals surface area contributed by atoms with E-state index in [4.69, 9.17) is 0 Å². The van der Waals surface area contributed by atoms with Crippen molar-refractivity contribution in [3.05, 3.63) is 109 Å². The topological polar surface area (TPSA) is 0 Å². The Morgan fingerprint density at radius 1 is 0.414 bits per heavy atom. The Kier molecular flexibility index (Phi) is 7.11. The molecule has 0 aliphatic heterocycles. The number of hydrogen-bond acceptors (Lipinski definition) is 0. The van der Waals surface area contributed by atoms with Crippen molar-refractivity contribution in [2.75, 3.05) is 0 Å². The van der Waals surface area contributed by atoms with Crippen LogP contribution in [-0.2, 0) is 18.6 Å². The van der Waals surface area contributed by atoms with Crippen molar-refractivity contribution in [3.63, 3.8) is 0 Å². The summed E-state index contributed by atoms with van der Waals surface area (Å²) in [4.78, 5) is 0. The van der Waals surface area contributed by atoms with E-state index in [1.54, 1.807) is 0 Å². The fourth-order valence-electron chi connectivity index (χ4n) is 3.42. The molecule has 0 radical (unpaired) electrons. The predicted octanol–water partition coefficient (Wildman–Crippen LogP) is 6.70. The standard InChI is InChI=1S/2C10H7.C8H12.Pt/c2*1-2-6-10-8-4-3-7-9(10)5-1;1-2-4-6-8-7-5-3-1;/h2*1-7H;1-2,7-8H,3-6H2;. The van der Waals surface area contributed by atoms with Gasteiger partial charge in [-0.25, -0.2) is 0 Å². The third kappa shape index (κ3) is 5.34. The van der Waals surface area contributed by atoms with Crippen LogP contribution in [0.25, 0.3) is 21.5 Å². The number of benzene rings is 4. The first kappa shape index (κ1) is 19.9. The van der Waals surface area contributed by atoms with E-state index in [-0.39, 0.29) is 18.6 Å². The van der Waals surface area contributed by atoms with Crippen LogP contribution in [0.4, 0.5) is 0 Å². The molecule has 0 amide bonds. The van der Waals surface area contributed by atoms with Crippen molar-refractivity contribution in [2.24, 2.45) is 0 Å². The van der Waals surface area contributed by atoms with E-state index < -0.39 is 0 Å². The fraction of sp³-hybridized carbons (Fsp3) is 0.143. The molecular formula is C28H26Pt. The average Bonchev–Trinajstić information content (AvgIpc) is 2.74. The second kappa shape index (κ2) is 10.4. The van der Waals surface area contributed by atoms with Crippen LogP contribution in [0.15, 0.2) is 109 Å². The van der Waals surface area contributed by atoms with E-state index in [9.17, 15) is 0 Å². The van der Waals surface area contributed by atoms with Gasteiger partial charge in [0.2, 0.25) is 0 Å². The van der Waals surface area contributed by atoms with Crippen LogP contribution in [0.2, 0.25) is 0 Å². The minimum absolute atomic E-state index is 0.187. The van der Waals surface area contributed by atoms with Crippen LogP contribution in [0.5, 0.6) is 0 Å². The quantitative estimate of drug-likeness (QED) is 0.241. The normalized spacial score (nSPS) is 13.7. The van der Waals surface area contributed by atoms with Gasteiger partial charge in [-0.2, -0.15) is 0 Å². The molecule has 0 N–H and O–H groups in total. The third-order valence-electron chi connectivity index (χ3n) is 4.92. The third-order valence-corrected chi connectivity index (χ3v) is 8.13. The van der Waals surface area contributed by atoms with Gasteiger partial charge in [-0.05, 0) is 25.7 Å². The van der Waals surface area contributed by atoms with Gasteiger partial charge in [0.15, 0.2) is 0 Å². The Labute approximate surface area is 182 Å². The maximum absolute atomic E-state index is 2.29. The van der Waals surface area contributed by atoms with Crippen LogP contribution in [0.3, 0.4) is 0 Å². The molecule has 1 aliphatic carbocycles. The number of hydrogen-bond donors (Lipinski definition) is 0. The van der Waals surface area contributed by atoms with Crippen LogP contribution in [-0.4, -0.2) is 0 Å². The summed E-state index contributed by atoms with van der Waals surface area (Å²) in [5.74, 6) is 0. The van der Waals surface area contributed by atoms with Gasteiger partial charge >= 0.3 is 133 Å². The summed E-state index contributed by atoms with van der Waals surface area (Å²) in [5, 5.41) is 5.49. The zero-order valence-corrected chi connectivity index (χ0v) is 18.8. The van der Waals surface area contributed by atoms with Gasteiger partial charge in [0.1, 0.15) is 0 Å². The summed E-state index contributed by atoms with van der Waals surface area (Å²) in [7, 11) is 0. The average molecular weight is 558 g/mol. The van der Waals surface area contributed by atoms with E-state index in [0.717, 1.165) is 0 Å². The summed E-state index contributed by atoms with van der Waals surface area (Å²) in [6, 6.07) is 30.7. The van der Waals surface area contributed by atoms with Crippen LogP contribution < -0.4 is 7.91 Å². The van der Waals surface area contributed by atoms with Crippen molar-refractivity contribution in [1.82, 2.24) is 0 Å². The molecule has 0 aromatic heterocycles. The van der Waals surface area contributed by atoms with Gasteiger partial charge in [0.25, 0.3) is 0 Å². The molecule has 1 aliphatic rings. The number of allylic oxidation sites excluding steroid dienone is 4. The van der Waals surface area contributed by atoms with Gasteiger partial charge in [0, 0.05) is 0 Å². The van der Waals surface area contributed by atoms with Crippen molar-refractivity contribution < 1.29 is 18.6 Å². The van der Waals surface area contributed by atoms with E-state index in [0.29, 0.717) is 0 Å². The van der Waals surface area contributed by atoms with Gasteiger partial charge in [-0.15, -0.1) is 0 Å². The number of rotatable bonds is 2. The molecule has 4 aromatic carbocycles. The molecule has 0 heterocycles. The summed E-state index contributed by atoms with van der Waals surface area (Å²) < 4.78 is 3.01. The molecule has 0 saturated heterocycles. The molecule has 0 fully saturated rings. The van der Waals surface area contributed by atoms with Crippen molar-refractivity contribution >= 4 is 29.5 Å². The summed E-state index contributed by atoms with van der Waals surface area (Å²) in [6.45, 7) is 0. The molecule has 29 heavy (non-hydrogen) atoms. The maximum atomic E-state index is 2.29. The van der Waals surface area contributed by atoms with Crippen LogP contribution >= 0.6 is 0 Å². The summed E-state index contributed by atoms with van der Waals surface area (Å²) in [6.07, 6.45) is 14.0. The summed E-state index contributed by atoms with van der Waals surface area (Å²) in [5.41, 5.74) is 0. The van der Waals surface area contributed by atoms with Crippen LogP contribution in [0, 0.1) is 0 Å². The Morgan fingerprint density at radius 2 is 0.793 bits per heavy atom. The van der Waals surface area contributed by atoms with E-state index in [1.807, 2.05) is 0 Å². The first-order valence-corrected chi connectivity index (χ1v) is 12.5. The number of fused-ring (bicyclic) bond motifs is 2. The molecule has 1 heteroatoms. The van der Waals surface area contributed by atoms with Crippen molar-refractivity contribution in [3.8, 4) is 0 Å². The van der Waals surface area contributed by atoms with Gasteiger partial charge in [-0.1, -0.05) is 24.3 Å². The minimum atomic E-state index is -0.187. The molecule has 148 valence electrons. The zero-order valence-electron chi connectivity index (χ0n) is 16.5. The van der Waals surface area contributed by atoms with Crippen molar-refractivity contribution in [2.45, 2.75) is 25.7 Å². The van der Waals surface area contributed by atoms with Crippen LogP contribution in [0.1, 0.15) is 25.7 Å². The van der Waals surface area contributed by atoms with Crippen molar-refractivity contribution in [1.29, 1.82) is 0 Å². The Hall–Kier alpha value is -2.43. The van der Waals surface area contributed by atoms with Gasteiger partial charge < -0.3 is 0 Å². The Morgan fingerprint density at radius 3 is 1.24 bits per heavy atom. The molecule has 0 spiro atoms. The van der Waals surface area contributed by atoms with E-state index >= 15 is 0 Å². The zero-order chi connectivity index (χ0) is 19.7. The van der Waals surface area contributed by atoms with E-state index in [1.165, 1.54) is 55.1 Å². The molecule has 5 rings (SSSR count). The Balaban J connectivity index is 0.000000216. The first-order chi connectivity index (χ1) is 14.4. The van der Waals surface area contributed by atoms with E-state index in [2.05, 4.69) is 109 Å². The molecule has 0 unspecified atom stereocenters. The van der Waals surface area contributed by atoms with Gasteiger partial charge in [-0.3, -0.25) is 0 Å². The molecule has 0 atom stereocenters. The second-order valence-corrected chi connectivity index (χ2v) is 10.0. The SMILES string of the molecule is C1=CCCC=CCC1.c1ccc2[c]([Pt][c]3cccc4ccccc34)cccc2c1. The first-order valence-electron chi connectivity index (χ1n) is 10.3. The Bertz CT molecular complexity index is 1020. The fourth-order valence-corrected chi connectivity index (χ4v) is 6.54. The molecular weight excluding hydrogens is 531 g/mol. The molecule has 0 saturated carbocycles.